The lowest BCUT2D eigenvalue weighted by Crippen LogP contribution is -2.51. The van der Waals surface area contributed by atoms with Crippen LogP contribution < -0.4 is 5.32 Å². The molecule has 2 aromatic rings. The van der Waals surface area contributed by atoms with Crippen molar-refractivity contribution in [3.8, 4) is 0 Å². The standard InChI is InChI=1S/C17H24N2S/c1-13(2)9-15-10-18-7-8-19(15)11-14-12-20-17-6-4-3-5-16(14)17/h3-6,12-13,15,18H,7-11H2,1-2H3. The zero-order valence-electron chi connectivity index (χ0n) is 12.4. The highest BCUT2D eigenvalue weighted by Crippen LogP contribution is 2.28. The van der Waals surface area contributed by atoms with Crippen LogP contribution in [0.5, 0.6) is 0 Å². The van der Waals surface area contributed by atoms with Crippen LogP contribution >= 0.6 is 11.3 Å². The molecule has 0 bridgehead atoms. The van der Waals surface area contributed by atoms with E-state index in [0.29, 0.717) is 6.04 Å². The molecular formula is C17H24N2S. The molecular weight excluding hydrogens is 264 g/mol. The van der Waals surface area contributed by atoms with Gasteiger partial charge in [0.1, 0.15) is 0 Å². The molecule has 0 saturated carbocycles. The number of nitrogens with zero attached hydrogens (tertiary/aromatic N) is 1. The number of hydrogen-bond donors (Lipinski definition) is 1. The molecule has 1 aromatic carbocycles. The first-order valence-corrected chi connectivity index (χ1v) is 8.52. The molecule has 2 nitrogen and oxygen atoms in total. The lowest BCUT2D eigenvalue weighted by Gasteiger charge is -2.37. The third-order valence-corrected chi connectivity index (χ3v) is 5.16. The van der Waals surface area contributed by atoms with Crippen LogP contribution in [0.15, 0.2) is 29.6 Å². The van der Waals surface area contributed by atoms with E-state index in [1.54, 1.807) is 0 Å². The fraction of sp³-hybridized carbons (Fsp3) is 0.529. The Morgan fingerprint density at radius 1 is 1.35 bits per heavy atom. The van der Waals surface area contributed by atoms with Crippen LogP contribution in [-0.2, 0) is 6.54 Å². The Kier molecular flexibility index (Phi) is 4.39. The first-order chi connectivity index (χ1) is 9.74. The molecule has 108 valence electrons. The van der Waals surface area contributed by atoms with Gasteiger partial charge in [-0.2, -0.15) is 0 Å². The van der Waals surface area contributed by atoms with Gasteiger partial charge in [-0.25, -0.2) is 0 Å². The first-order valence-electron chi connectivity index (χ1n) is 7.64. The quantitative estimate of drug-likeness (QED) is 0.922. The van der Waals surface area contributed by atoms with Gasteiger partial charge in [0.15, 0.2) is 0 Å². The summed E-state index contributed by atoms with van der Waals surface area (Å²) >= 11 is 1.88. The predicted octanol–water partition coefficient (Wildman–Crippen LogP) is 3.72. The Hall–Kier alpha value is -0.900. The van der Waals surface area contributed by atoms with Crippen LogP contribution in [0, 0.1) is 5.92 Å². The van der Waals surface area contributed by atoms with E-state index < -0.39 is 0 Å². The van der Waals surface area contributed by atoms with Crippen LogP contribution in [0.4, 0.5) is 0 Å². The Labute approximate surface area is 125 Å². The van der Waals surface area contributed by atoms with Gasteiger partial charge in [0.25, 0.3) is 0 Å². The minimum absolute atomic E-state index is 0.683. The molecule has 1 aliphatic rings. The summed E-state index contributed by atoms with van der Waals surface area (Å²) in [5.74, 6) is 0.765. The fourth-order valence-corrected chi connectivity index (χ4v) is 4.12. The Morgan fingerprint density at radius 3 is 3.05 bits per heavy atom. The zero-order valence-corrected chi connectivity index (χ0v) is 13.2. The minimum atomic E-state index is 0.683. The van der Waals surface area contributed by atoms with Gasteiger partial charge in [0.05, 0.1) is 0 Å². The zero-order chi connectivity index (χ0) is 13.9. The van der Waals surface area contributed by atoms with Crippen LogP contribution in [-0.4, -0.2) is 30.6 Å². The van der Waals surface area contributed by atoms with Crippen molar-refractivity contribution in [1.29, 1.82) is 0 Å². The Bertz CT molecular complexity index is 561. The van der Waals surface area contributed by atoms with E-state index >= 15 is 0 Å². The molecule has 1 N–H and O–H groups in total. The maximum Gasteiger partial charge on any atom is 0.0346 e. The number of rotatable bonds is 4. The van der Waals surface area contributed by atoms with Crippen LogP contribution in [0.2, 0.25) is 0 Å². The Morgan fingerprint density at radius 2 is 2.20 bits per heavy atom. The summed E-state index contributed by atoms with van der Waals surface area (Å²) in [4.78, 5) is 2.67. The molecule has 3 rings (SSSR count). The molecule has 0 aliphatic carbocycles. The average Bonchev–Trinajstić information content (AvgIpc) is 2.84. The van der Waals surface area contributed by atoms with Gasteiger partial charge in [-0.3, -0.25) is 4.90 Å². The predicted molar refractivity (Wildman–Crippen MR) is 88.3 cm³/mol. The molecule has 0 radical (unpaired) electrons. The van der Waals surface area contributed by atoms with Crippen LogP contribution in [0.25, 0.3) is 10.1 Å². The van der Waals surface area contributed by atoms with E-state index in [1.165, 1.54) is 28.6 Å². The summed E-state index contributed by atoms with van der Waals surface area (Å²) in [6.07, 6.45) is 1.29. The van der Waals surface area contributed by atoms with E-state index in [1.807, 2.05) is 11.3 Å². The lowest BCUT2D eigenvalue weighted by atomic mass is 10.00. The molecule has 1 aliphatic heterocycles. The van der Waals surface area contributed by atoms with Gasteiger partial charge in [-0.05, 0) is 34.7 Å². The van der Waals surface area contributed by atoms with Gasteiger partial charge in [-0.1, -0.05) is 32.0 Å². The largest absolute Gasteiger partial charge is 0.314 e. The SMILES string of the molecule is CC(C)CC1CNCCN1Cc1csc2ccccc12. The van der Waals surface area contributed by atoms with Crippen molar-refractivity contribution < 1.29 is 0 Å². The summed E-state index contributed by atoms with van der Waals surface area (Å²) < 4.78 is 1.41. The molecule has 0 spiro atoms. The molecule has 2 heterocycles. The summed E-state index contributed by atoms with van der Waals surface area (Å²) in [7, 11) is 0. The second-order valence-electron chi connectivity index (χ2n) is 6.22. The summed E-state index contributed by atoms with van der Waals surface area (Å²) in [6, 6.07) is 9.47. The van der Waals surface area contributed by atoms with Gasteiger partial charge in [0, 0.05) is 36.9 Å². The molecule has 20 heavy (non-hydrogen) atoms. The highest BCUT2D eigenvalue weighted by Gasteiger charge is 2.23. The van der Waals surface area contributed by atoms with Crippen LogP contribution in [0.1, 0.15) is 25.8 Å². The summed E-state index contributed by atoms with van der Waals surface area (Å²) in [6.45, 7) is 9.18. The maximum atomic E-state index is 3.55. The number of piperazine rings is 1. The molecule has 1 fully saturated rings. The van der Waals surface area contributed by atoms with Gasteiger partial charge < -0.3 is 5.32 Å². The van der Waals surface area contributed by atoms with Crippen molar-refractivity contribution in [3.05, 3.63) is 35.2 Å². The normalized spacial score (nSPS) is 20.9. The Balaban J connectivity index is 1.77. The monoisotopic (exact) mass is 288 g/mol. The van der Waals surface area contributed by atoms with Crippen molar-refractivity contribution in [1.82, 2.24) is 10.2 Å². The lowest BCUT2D eigenvalue weighted by molar-refractivity contribution is 0.135. The highest BCUT2D eigenvalue weighted by molar-refractivity contribution is 7.17. The first kappa shape index (κ1) is 14.1. The van der Waals surface area contributed by atoms with E-state index in [-0.39, 0.29) is 0 Å². The van der Waals surface area contributed by atoms with Crippen molar-refractivity contribution in [2.24, 2.45) is 5.92 Å². The summed E-state index contributed by atoms with van der Waals surface area (Å²) in [5.41, 5.74) is 1.50. The number of benzene rings is 1. The third kappa shape index (κ3) is 3.05. The van der Waals surface area contributed by atoms with Crippen molar-refractivity contribution in [2.45, 2.75) is 32.9 Å². The maximum absolute atomic E-state index is 3.55. The van der Waals surface area contributed by atoms with Crippen molar-refractivity contribution in [2.75, 3.05) is 19.6 Å². The van der Waals surface area contributed by atoms with Gasteiger partial charge in [-0.15, -0.1) is 11.3 Å². The molecule has 1 unspecified atom stereocenters. The second kappa shape index (κ2) is 6.25. The molecule has 0 amide bonds. The molecule has 1 aromatic heterocycles. The van der Waals surface area contributed by atoms with Gasteiger partial charge in [0.2, 0.25) is 0 Å². The number of hydrogen-bond acceptors (Lipinski definition) is 3. The number of nitrogens with one attached hydrogen (secondary N) is 1. The smallest absolute Gasteiger partial charge is 0.0346 e. The molecule has 3 heteroatoms. The molecule has 1 atom stereocenters. The minimum Gasteiger partial charge on any atom is -0.314 e. The van der Waals surface area contributed by atoms with E-state index in [9.17, 15) is 0 Å². The fourth-order valence-electron chi connectivity index (χ4n) is 3.16. The third-order valence-electron chi connectivity index (χ3n) is 4.15. The summed E-state index contributed by atoms with van der Waals surface area (Å²) in [5, 5.41) is 7.34. The van der Waals surface area contributed by atoms with Gasteiger partial charge >= 0.3 is 0 Å². The van der Waals surface area contributed by atoms with Crippen molar-refractivity contribution >= 4 is 21.4 Å². The number of thiophene rings is 1. The average molecular weight is 288 g/mol. The van der Waals surface area contributed by atoms with Crippen LogP contribution in [0.3, 0.4) is 0 Å². The molecule has 1 saturated heterocycles. The van der Waals surface area contributed by atoms with E-state index in [2.05, 4.69) is 53.7 Å². The van der Waals surface area contributed by atoms with E-state index in [0.717, 1.165) is 25.6 Å². The van der Waals surface area contributed by atoms with E-state index in [4.69, 9.17) is 0 Å². The number of fused-ring (bicyclic) bond motifs is 1. The van der Waals surface area contributed by atoms with Crippen molar-refractivity contribution in [3.63, 3.8) is 0 Å². The highest BCUT2D eigenvalue weighted by atomic mass is 32.1. The second-order valence-corrected chi connectivity index (χ2v) is 7.13. The topological polar surface area (TPSA) is 15.3 Å².